The first kappa shape index (κ1) is 25.4. The predicted octanol–water partition coefficient (Wildman–Crippen LogP) is 5.96. The lowest BCUT2D eigenvalue weighted by molar-refractivity contribution is -0.384. The Morgan fingerprint density at radius 1 is 0.971 bits per heavy atom. The smallest absolute Gasteiger partial charge is 0.272 e. The van der Waals surface area contributed by atoms with Crippen LogP contribution in [0.3, 0.4) is 0 Å². The Morgan fingerprint density at radius 3 is 2.29 bits per heavy atom. The van der Waals surface area contributed by atoms with Gasteiger partial charge in [-0.3, -0.25) is 19.7 Å². The normalized spacial score (nSPS) is 11.1. The minimum Gasteiger partial charge on any atom is -0.320 e. The minimum atomic E-state index is -0.581. The molecule has 3 aromatic rings. The van der Waals surface area contributed by atoms with Crippen molar-refractivity contribution in [1.29, 1.82) is 0 Å². The molecule has 35 heavy (non-hydrogen) atoms. The molecule has 0 aromatic heterocycles. The van der Waals surface area contributed by atoms with E-state index in [0.29, 0.717) is 16.8 Å². The molecule has 0 saturated heterocycles. The van der Waals surface area contributed by atoms with Gasteiger partial charge in [0.2, 0.25) is 0 Å². The van der Waals surface area contributed by atoms with Crippen LogP contribution in [0.15, 0.2) is 72.4 Å². The molecule has 7 nitrogen and oxygen atoms in total. The largest absolute Gasteiger partial charge is 0.320 e. The molecule has 0 spiro atoms. The van der Waals surface area contributed by atoms with Crippen LogP contribution >= 0.6 is 0 Å². The van der Waals surface area contributed by atoms with Gasteiger partial charge in [0.25, 0.3) is 17.5 Å². The first-order valence-electron chi connectivity index (χ1n) is 11.5. The van der Waals surface area contributed by atoms with Crippen molar-refractivity contribution in [2.45, 2.75) is 40.0 Å². The molecule has 0 aliphatic heterocycles. The molecule has 0 bridgehead atoms. The van der Waals surface area contributed by atoms with Gasteiger partial charge >= 0.3 is 0 Å². The van der Waals surface area contributed by atoms with Crippen molar-refractivity contribution in [2.24, 2.45) is 0 Å². The first-order valence-corrected chi connectivity index (χ1v) is 11.5. The number of non-ortho nitro benzene ring substituents is 1. The highest BCUT2D eigenvalue weighted by Crippen LogP contribution is 2.22. The number of hydrogen-bond donors (Lipinski definition) is 2. The third-order valence-electron chi connectivity index (χ3n) is 5.60. The van der Waals surface area contributed by atoms with Crippen LogP contribution in [0.1, 0.15) is 52.4 Å². The van der Waals surface area contributed by atoms with Crippen molar-refractivity contribution in [3.8, 4) is 0 Å². The molecule has 0 aliphatic rings. The lowest BCUT2D eigenvalue weighted by Crippen LogP contribution is -2.31. The number of nitro groups is 1. The third-order valence-corrected chi connectivity index (χ3v) is 5.60. The number of anilines is 1. The summed E-state index contributed by atoms with van der Waals surface area (Å²) in [4.78, 5) is 36.8. The van der Waals surface area contributed by atoms with Crippen molar-refractivity contribution >= 4 is 29.3 Å². The van der Waals surface area contributed by atoms with Crippen molar-refractivity contribution in [1.82, 2.24) is 5.32 Å². The summed E-state index contributed by atoms with van der Waals surface area (Å²) in [6.45, 7) is 5.82. The van der Waals surface area contributed by atoms with Gasteiger partial charge in [0.15, 0.2) is 0 Å². The Hall–Kier alpha value is -4.26. The molecule has 0 fully saturated rings. The van der Waals surface area contributed by atoms with Gasteiger partial charge in [-0.15, -0.1) is 0 Å². The molecule has 0 heterocycles. The molecule has 2 amide bonds. The van der Waals surface area contributed by atoms with Crippen molar-refractivity contribution in [3.63, 3.8) is 0 Å². The highest BCUT2D eigenvalue weighted by Gasteiger charge is 2.17. The standard InChI is InChI=1S/C28H29N3O4/c1-4-5-6-21-12-14-23(15-13-21)27(32)30-26(17-22-10-7-19(2)8-11-22)28(33)29-25-18-24(31(34)35)16-9-20(25)3/h7-18H,4-6H2,1-3H3,(H,29,33)(H,30,32). The Morgan fingerprint density at radius 2 is 1.66 bits per heavy atom. The van der Waals surface area contributed by atoms with E-state index in [1.165, 1.54) is 12.1 Å². The molecule has 0 saturated carbocycles. The van der Waals surface area contributed by atoms with Gasteiger partial charge in [0, 0.05) is 17.7 Å². The van der Waals surface area contributed by atoms with E-state index in [1.807, 2.05) is 43.3 Å². The second-order valence-corrected chi connectivity index (χ2v) is 8.43. The van der Waals surface area contributed by atoms with E-state index in [4.69, 9.17) is 0 Å². The Bertz CT molecular complexity index is 1250. The Labute approximate surface area is 205 Å². The molecule has 7 heteroatoms. The first-order chi connectivity index (χ1) is 16.8. The van der Waals surface area contributed by atoms with Crippen LogP contribution in [0.25, 0.3) is 6.08 Å². The van der Waals surface area contributed by atoms with E-state index in [0.717, 1.165) is 36.0 Å². The maximum atomic E-state index is 13.2. The highest BCUT2D eigenvalue weighted by atomic mass is 16.6. The summed E-state index contributed by atoms with van der Waals surface area (Å²) >= 11 is 0. The van der Waals surface area contributed by atoms with Crippen LogP contribution in [-0.2, 0) is 11.2 Å². The van der Waals surface area contributed by atoms with E-state index < -0.39 is 16.7 Å². The summed E-state index contributed by atoms with van der Waals surface area (Å²) < 4.78 is 0. The van der Waals surface area contributed by atoms with E-state index in [1.54, 1.807) is 31.2 Å². The molecular weight excluding hydrogens is 442 g/mol. The Kier molecular flexibility index (Phi) is 8.51. The lowest BCUT2D eigenvalue weighted by Gasteiger charge is -2.13. The number of carbonyl (C=O) groups is 2. The molecular formula is C28H29N3O4. The number of carbonyl (C=O) groups excluding carboxylic acids is 2. The number of amides is 2. The number of hydrogen-bond acceptors (Lipinski definition) is 4. The number of nitrogens with zero attached hydrogens (tertiary/aromatic N) is 1. The monoisotopic (exact) mass is 471 g/mol. The quantitative estimate of drug-likeness (QED) is 0.228. The fourth-order valence-corrected chi connectivity index (χ4v) is 3.43. The van der Waals surface area contributed by atoms with Gasteiger partial charge in [-0.1, -0.05) is 61.4 Å². The third kappa shape index (κ3) is 7.11. The Balaban J connectivity index is 1.87. The SMILES string of the molecule is CCCCc1ccc(C(=O)NC(=Cc2ccc(C)cc2)C(=O)Nc2cc([N+](=O)[O-])ccc2C)cc1. The predicted molar refractivity (Wildman–Crippen MR) is 138 cm³/mol. The summed E-state index contributed by atoms with van der Waals surface area (Å²) in [5, 5.41) is 16.6. The van der Waals surface area contributed by atoms with Gasteiger partial charge in [-0.2, -0.15) is 0 Å². The van der Waals surface area contributed by atoms with Crippen LogP contribution < -0.4 is 10.6 Å². The molecule has 2 N–H and O–H groups in total. The zero-order valence-electron chi connectivity index (χ0n) is 20.1. The molecule has 3 aromatic carbocycles. The molecule has 180 valence electrons. The number of rotatable bonds is 9. The van der Waals surface area contributed by atoms with Crippen molar-refractivity contribution in [3.05, 3.63) is 110 Å². The molecule has 0 atom stereocenters. The van der Waals surface area contributed by atoms with Crippen LogP contribution in [-0.4, -0.2) is 16.7 Å². The molecule has 0 radical (unpaired) electrons. The van der Waals surface area contributed by atoms with Gasteiger partial charge in [-0.05, 0) is 61.6 Å². The lowest BCUT2D eigenvalue weighted by atomic mass is 10.1. The fourth-order valence-electron chi connectivity index (χ4n) is 3.43. The topological polar surface area (TPSA) is 101 Å². The maximum absolute atomic E-state index is 13.2. The van der Waals surface area contributed by atoms with Gasteiger partial charge in [0.1, 0.15) is 5.70 Å². The van der Waals surface area contributed by atoms with E-state index in [2.05, 4.69) is 17.6 Å². The number of nitro benzene ring substituents is 1. The van der Waals surface area contributed by atoms with E-state index in [-0.39, 0.29) is 11.4 Å². The molecule has 0 aliphatic carbocycles. The number of aryl methyl sites for hydroxylation is 3. The van der Waals surface area contributed by atoms with Crippen molar-refractivity contribution < 1.29 is 14.5 Å². The maximum Gasteiger partial charge on any atom is 0.272 e. The molecule has 0 unspecified atom stereocenters. The zero-order chi connectivity index (χ0) is 25.4. The van der Waals surface area contributed by atoms with Crippen molar-refractivity contribution in [2.75, 3.05) is 5.32 Å². The minimum absolute atomic E-state index is 0.0276. The second kappa shape index (κ2) is 11.7. The van der Waals surface area contributed by atoms with E-state index in [9.17, 15) is 19.7 Å². The number of benzene rings is 3. The number of unbranched alkanes of at least 4 members (excludes halogenated alkanes) is 1. The summed E-state index contributed by atoms with van der Waals surface area (Å²) in [6.07, 6.45) is 4.69. The average Bonchev–Trinajstić information content (AvgIpc) is 2.85. The average molecular weight is 472 g/mol. The summed E-state index contributed by atoms with van der Waals surface area (Å²) in [7, 11) is 0. The van der Waals surface area contributed by atoms with Crippen LogP contribution in [0, 0.1) is 24.0 Å². The highest BCUT2D eigenvalue weighted by molar-refractivity contribution is 6.11. The summed E-state index contributed by atoms with van der Waals surface area (Å²) in [5.74, 6) is -1.00. The van der Waals surface area contributed by atoms with Crippen LogP contribution in [0.2, 0.25) is 0 Å². The van der Waals surface area contributed by atoms with Gasteiger partial charge in [-0.25, -0.2) is 0 Å². The number of nitrogens with one attached hydrogen (secondary N) is 2. The fraction of sp³-hybridized carbons (Fsp3) is 0.214. The summed E-state index contributed by atoms with van der Waals surface area (Å²) in [6, 6.07) is 19.1. The summed E-state index contributed by atoms with van der Waals surface area (Å²) in [5.41, 5.74) is 4.22. The second-order valence-electron chi connectivity index (χ2n) is 8.43. The molecule has 3 rings (SSSR count). The van der Waals surface area contributed by atoms with Gasteiger partial charge < -0.3 is 10.6 Å². The van der Waals surface area contributed by atoms with E-state index >= 15 is 0 Å². The van der Waals surface area contributed by atoms with Crippen LogP contribution in [0.5, 0.6) is 0 Å². The van der Waals surface area contributed by atoms with Crippen LogP contribution in [0.4, 0.5) is 11.4 Å². The van der Waals surface area contributed by atoms with Gasteiger partial charge in [0.05, 0.1) is 10.6 Å². The zero-order valence-corrected chi connectivity index (χ0v) is 20.1.